The molecule has 0 saturated heterocycles. The average Bonchev–Trinajstić information content (AvgIpc) is 2.76. The van der Waals surface area contributed by atoms with E-state index in [1.807, 2.05) is 0 Å². The predicted octanol–water partition coefficient (Wildman–Crippen LogP) is 1.55. The first kappa shape index (κ1) is 17.7. The topological polar surface area (TPSA) is 101 Å². The Morgan fingerprint density at radius 1 is 1.19 bits per heavy atom. The third-order valence-corrected chi connectivity index (χ3v) is 3.97. The number of amides is 1. The Bertz CT molecular complexity index is 589. The van der Waals surface area contributed by atoms with Gasteiger partial charge in [-0.15, -0.1) is 12.4 Å². The number of benzene rings is 1. The Hall–Kier alpha value is -1.31. The third kappa shape index (κ3) is 5.18. The van der Waals surface area contributed by atoms with E-state index in [9.17, 15) is 13.2 Å². The van der Waals surface area contributed by atoms with Gasteiger partial charge in [0.2, 0.25) is 15.9 Å². The van der Waals surface area contributed by atoms with Gasteiger partial charge >= 0.3 is 0 Å². The average molecular weight is 334 g/mol. The van der Waals surface area contributed by atoms with Crippen LogP contribution in [0.3, 0.4) is 0 Å². The second-order valence-corrected chi connectivity index (χ2v) is 6.89. The first-order valence-corrected chi connectivity index (χ1v) is 8.38. The quantitative estimate of drug-likeness (QED) is 0.778. The highest BCUT2D eigenvalue weighted by Crippen LogP contribution is 2.25. The normalized spacial score (nSPS) is 21.4. The molecule has 1 aromatic carbocycles. The Kier molecular flexibility index (Phi) is 6.00. The van der Waals surface area contributed by atoms with Crippen molar-refractivity contribution in [2.45, 2.75) is 25.3 Å². The monoisotopic (exact) mass is 333 g/mol. The molecule has 1 aromatic rings. The second kappa shape index (κ2) is 7.11. The fraction of sp³-hybridized carbons (Fsp3) is 0.462. The van der Waals surface area contributed by atoms with Gasteiger partial charge in [-0.1, -0.05) is 6.42 Å². The van der Waals surface area contributed by atoms with Gasteiger partial charge in [-0.2, -0.15) is 0 Å². The minimum atomic E-state index is -3.29. The van der Waals surface area contributed by atoms with E-state index in [1.165, 1.54) is 0 Å². The zero-order valence-corrected chi connectivity index (χ0v) is 13.3. The van der Waals surface area contributed by atoms with Gasteiger partial charge in [0, 0.05) is 17.4 Å². The van der Waals surface area contributed by atoms with Crippen LogP contribution in [0.1, 0.15) is 19.3 Å². The summed E-state index contributed by atoms with van der Waals surface area (Å²) in [7, 11) is -3.29. The molecular weight excluding hydrogens is 314 g/mol. The number of anilines is 2. The Balaban J connectivity index is 0.00000220. The number of nitrogens with one attached hydrogen (secondary N) is 2. The lowest BCUT2D eigenvalue weighted by Crippen LogP contribution is -2.34. The van der Waals surface area contributed by atoms with Gasteiger partial charge in [0.05, 0.1) is 12.2 Å². The zero-order chi connectivity index (χ0) is 14.8. The number of sulfonamides is 1. The molecule has 8 heteroatoms. The predicted molar refractivity (Wildman–Crippen MR) is 86.1 cm³/mol. The van der Waals surface area contributed by atoms with E-state index < -0.39 is 10.0 Å². The third-order valence-electron chi connectivity index (χ3n) is 3.36. The highest BCUT2D eigenvalue weighted by molar-refractivity contribution is 7.92. The van der Waals surface area contributed by atoms with Gasteiger partial charge < -0.3 is 11.1 Å². The number of halogens is 1. The van der Waals surface area contributed by atoms with Crippen molar-refractivity contribution in [1.82, 2.24) is 0 Å². The maximum atomic E-state index is 12.0. The molecule has 1 aliphatic rings. The van der Waals surface area contributed by atoms with Crippen molar-refractivity contribution in [3.63, 3.8) is 0 Å². The summed E-state index contributed by atoms with van der Waals surface area (Å²) in [5.74, 6) is -0.206. The molecule has 0 aliphatic heterocycles. The standard InChI is InChI=1S/C13H19N3O3S.ClH/c1-20(18,19)16-10-7-5-9(6-8-10)15-13(17)11-3-2-4-12(11)14;/h5-8,11-12,16H,2-4,14H2,1H3,(H,15,17);1H. The zero-order valence-electron chi connectivity index (χ0n) is 11.7. The molecule has 0 radical (unpaired) electrons. The molecule has 1 amide bonds. The van der Waals surface area contributed by atoms with Crippen LogP contribution in [0.5, 0.6) is 0 Å². The molecule has 1 fully saturated rings. The van der Waals surface area contributed by atoms with Crippen LogP contribution >= 0.6 is 12.4 Å². The van der Waals surface area contributed by atoms with Crippen LogP contribution in [0.15, 0.2) is 24.3 Å². The molecule has 2 rings (SSSR count). The Labute approximate surface area is 130 Å². The molecule has 0 heterocycles. The SMILES string of the molecule is CS(=O)(=O)Nc1ccc(NC(=O)C2CCCC2N)cc1.Cl. The molecule has 0 bridgehead atoms. The van der Waals surface area contributed by atoms with Crippen LogP contribution in [0.2, 0.25) is 0 Å². The van der Waals surface area contributed by atoms with Crippen LogP contribution in [0.25, 0.3) is 0 Å². The number of nitrogens with two attached hydrogens (primary N) is 1. The van der Waals surface area contributed by atoms with Gasteiger partial charge in [0.15, 0.2) is 0 Å². The minimum absolute atomic E-state index is 0. The van der Waals surface area contributed by atoms with E-state index in [0.717, 1.165) is 25.5 Å². The summed E-state index contributed by atoms with van der Waals surface area (Å²) in [4.78, 5) is 12.0. The Morgan fingerprint density at radius 2 is 1.76 bits per heavy atom. The van der Waals surface area contributed by atoms with E-state index in [2.05, 4.69) is 10.0 Å². The summed E-state index contributed by atoms with van der Waals surface area (Å²) in [5.41, 5.74) is 6.98. The van der Waals surface area contributed by atoms with E-state index >= 15 is 0 Å². The maximum absolute atomic E-state index is 12.0. The highest BCUT2D eigenvalue weighted by atomic mass is 35.5. The molecule has 21 heavy (non-hydrogen) atoms. The summed E-state index contributed by atoms with van der Waals surface area (Å²) in [5, 5.41) is 2.81. The molecule has 4 N–H and O–H groups in total. The largest absolute Gasteiger partial charge is 0.327 e. The molecule has 0 aromatic heterocycles. The molecule has 0 spiro atoms. The Morgan fingerprint density at radius 3 is 2.24 bits per heavy atom. The smallest absolute Gasteiger partial charge is 0.229 e. The minimum Gasteiger partial charge on any atom is -0.327 e. The van der Waals surface area contributed by atoms with Crippen LogP contribution in [-0.4, -0.2) is 26.6 Å². The summed E-state index contributed by atoms with van der Waals surface area (Å²) in [6.07, 6.45) is 3.77. The van der Waals surface area contributed by atoms with E-state index in [1.54, 1.807) is 24.3 Å². The number of carbonyl (C=O) groups excluding carboxylic acids is 1. The lowest BCUT2D eigenvalue weighted by atomic mass is 10.0. The lowest BCUT2D eigenvalue weighted by molar-refractivity contribution is -0.120. The van der Waals surface area contributed by atoms with E-state index in [0.29, 0.717) is 11.4 Å². The van der Waals surface area contributed by atoms with Crippen LogP contribution in [-0.2, 0) is 14.8 Å². The molecule has 2 atom stereocenters. The van der Waals surface area contributed by atoms with Gasteiger partial charge in [0.1, 0.15) is 0 Å². The van der Waals surface area contributed by atoms with Crippen molar-refractivity contribution in [2.24, 2.45) is 11.7 Å². The van der Waals surface area contributed by atoms with Crippen LogP contribution < -0.4 is 15.8 Å². The van der Waals surface area contributed by atoms with Gasteiger partial charge in [-0.25, -0.2) is 8.42 Å². The van der Waals surface area contributed by atoms with Crippen LogP contribution in [0, 0.1) is 5.92 Å². The fourth-order valence-corrected chi connectivity index (χ4v) is 2.95. The number of rotatable bonds is 4. The second-order valence-electron chi connectivity index (χ2n) is 5.14. The summed E-state index contributed by atoms with van der Waals surface area (Å²) in [6.45, 7) is 0. The first-order chi connectivity index (χ1) is 9.35. The maximum Gasteiger partial charge on any atom is 0.229 e. The lowest BCUT2D eigenvalue weighted by Gasteiger charge is -2.15. The van der Waals surface area contributed by atoms with Gasteiger partial charge in [-0.3, -0.25) is 9.52 Å². The number of carbonyl (C=O) groups is 1. The van der Waals surface area contributed by atoms with Crippen LogP contribution in [0.4, 0.5) is 11.4 Å². The van der Waals surface area contributed by atoms with Crippen molar-refractivity contribution >= 4 is 39.7 Å². The molecular formula is C13H20ClN3O3S. The van der Waals surface area contributed by atoms with Gasteiger partial charge in [0.25, 0.3) is 0 Å². The molecule has 1 saturated carbocycles. The van der Waals surface area contributed by atoms with E-state index in [4.69, 9.17) is 5.73 Å². The molecule has 6 nitrogen and oxygen atoms in total. The molecule has 1 aliphatic carbocycles. The van der Waals surface area contributed by atoms with Crippen molar-refractivity contribution in [2.75, 3.05) is 16.3 Å². The van der Waals surface area contributed by atoms with Crippen molar-refractivity contribution in [1.29, 1.82) is 0 Å². The van der Waals surface area contributed by atoms with E-state index in [-0.39, 0.29) is 30.3 Å². The number of hydrogen-bond acceptors (Lipinski definition) is 4. The van der Waals surface area contributed by atoms with Crippen molar-refractivity contribution in [3.8, 4) is 0 Å². The van der Waals surface area contributed by atoms with Gasteiger partial charge in [-0.05, 0) is 37.1 Å². The van der Waals surface area contributed by atoms with Crippen molar-refractivity contribution < 1.29 is 13.2 Å². The first-order valence-electron chi connectivity index (χ1n) is 6.49. The molecule has 2 unspecified atom stereocenters. The molecule has 118 valence electrons. The fourth-order valence-electron chi connectivity index (χ4n) is 2.38. The highest BCUT2D eigenvalue weighted by Gasteiger charge is 2.30. The van der Waals surface area contributed by atoms with Crippen molar-refractivity contribution in [3.05, 3.63) is 24.3 Å². The number of hydrogen-bond donors (Lipinski definition) is 3. The summed E-state index contributed by atoms with van der Waals surface area (Å²) in [6, 6.07) is 6.45. The summed E-state index contributed by atoms with van der Waals surface area (Å²) >= 11 is 0. The summed E-state index contributed by atoms with van der Waals surface area (Å²) < 4.78 is 24.5.